The summed E-state index contributed by atoms with van der Waals surface area (Å²) in [7, 11) is 0. The van der Waals surface area contributed by atoms with Gasteiger partial charge >= 0.3 is 5.97 Å². The Kier molecular flexibility index (Phi) is 4.19. The van der Waals surface area contributed by atoms with Gasteiger partial charge in [-0.25, -0.2) is 13.8 Å². The summed E-state index contributed by atoms with van der Waals surface area (Å²) in [4.78, 5) is 14.6. The summed E-state index contributed by atoms with van der Waals surface area (Å²) in [5, 5.41) is 9.48. The SMILES string of the molecule is CCOC(=O)Cc1nc(C(F)F)cc(N)c1O. The first-order valence-corrected chi connectivity index (χ1v) is 4.87. The van der Waals surface area contributed by atoms with E-state index in [2.05, 4.69) is 9.72 Å². The van der Waals surface area contributed by atoms with Crippen molar-refractivity contribution in [3.63, 3.8) is 0 Å². The van der Waals surface area contributed by atoms with Gasteiger partial charge in [0.2, 0.25) is 0 Å². The van der Waals surface area contributed by atoms with E-state index in [1.54, 1.807) is 6.92 Å². The van der Waals surface area contributed by atoms with Crippen molar-refractivity contribution in [3.8, 4) is 5.75 Å². The maximum atomic E-state index is 12.4. The molecular weight excluding hydrogens is 234 g/mol. The van der Waals surface area contributed by atoms with E-state index in [4.69, 9.17) is 5.73 Å². The van der Waals surface area contributed by atoms with Crippen molar-refractivity contribution in [2.45, 2.75) is 19.8 Å². The first kappa shape index (κ1) is 13.1. The van der Waals surface area contributed by atoms with Gasteiger partial charge < -0.3 is 15.6 Å². The number of aromatic nitrogens is 1. The van der Waals surface area contributed by atoms with Crippen LogP contribution in [-0.4, -0.2) is 22.7 Å². The number of halogens is 2. The van der Waals surface area contributed by atoms with E-state index < -0.39 is 30.3 Å². The number of esters is 1. The molecule has 0 aliphatic carbocycles. The number of hydrogen-bond donors (Lipinski definition) is 2. The highest BCUT2D eigenvalue weighted by Crippen LogP contribution is 2.28. The van der Waals surface area contributed by atoms with Crippen molar-refractivity contribution >= 4 is 11.7 Å². The number of nitrogens with two attached hydrogens (primary N) is 1. The Hall–Kier alpha value is -1.92. The molecule has 0 saturated heterocycles. The average molecular weight is 246 g/mol. The molecule has 1 aromatic heterocycles. The van der Waals surface area contributed by atoms with E-state index in [0.717, 1.165) is 6.07 Å². The van der Waals surface area contributed by atoms with E-state index in [1.165, 1.54) is 0 Å². The summed E-state index contributed by atoms with van der Waals surface area (Å²) in [5.74, 6) is -1.14. The second-order valence-electron chi connectivity index (χ2n) is 3.21. The van der Waals surface area contributed by atoms with Crippen molar-refractivity contribution in [1.82, 2.24) is 4.98 Å². The van der Waals surface area contributed by atoms with Crippen LogP contribution in [0.5, 0.6) is 5.75 Å². The molecule has 1 aromatic rings. The molecule has 0 saturated carbocycles. The van der Waals surface area contributed by atoms with Gasteiger partial charge in [0.25, 0.3) is 6.43 Å². The van der Waals surface area contributed by atoms with Gasteiger partial charge in [0.1, 0.15) is 5.69 Å². The third kappa shape index (κ3) is 3.27. The number of anilines is 1. The van der Waals surface area contributed by atoms with Crippen LogP contribution in [0.15, 0.2) is 6.07 Å². The minimum Gasteiger partial charge on any atom is -0.504 e. The molecule has 3 N–H and O–H groups in total. The quantitative estimate of drug-likeness (QED) is 0.784. The van der Waals surface area contributed by atoms with Crippen LogP contribution in [0.3, 0.4) is 0 Å². The van der Waals surface area contributed by atoms with Crippen LogP contribution in [0.25, 0.3) is 0 Å². The molecule has 0 aromatic carbocycles. The molecule has 5 nitrogen and oxygen atoms in total. The summed E-state index contributed by atoms with van der Waals surface area (Å²) >= 11 is 0. The van der Waals surface area contributed by atoms with Crippen LogP contribution in [-0.2, 0) is 16.0 Å². The van der Waals surface area contributed by atoms with Crippen molar-refractivity contribution in [3.05, 3.63) is 17.5 Å². The van der Waals surface area contributed by atoms with Crippen LogP contribution >= 0.6 is 0 Å². The van der Waals surface area contributed by atoms with Gasteiger partial charge in [0.15, 0.2) is 5.75 Å². The van der Waals surface area contributed by atoms with Crippen LogP contribution in [0, 0.1) is 0 Å². The number of nitrogens with zero attached hydrogens (tertiary/aromatic N) is 1. The number of ether oxygens (including phenoxy) is 1. The van der Waals surface area contributed by atoms with Gasteiger partial charge in [-0.1, -0.05) is 0 Å². The Bertz CT molecular complexity index is 424. The fraction of sp³-hybridized carbons (Fsp3) is 0.400. The van der Waals surface area contributed by atoms with Crippen molar-refractivity contribution < 1.29 is 23.4 Å². The van der Waals surface area contributed by atoms with E-state index >= 15 is 0 Å². The topological polar surface area (TPSA) is 85.4 Å². The van der Waals surface area contributed by atoms with Gasteiger partial charge in [-0.05, 0) is 13.0 Å². The number of carbonyl (C=O) groups is 1. The third-order valence-corrected chi connectivity index (χ3v) is 1.95. The van der Waals surface area contributed by atoms with Gasteiger partial charge in [0, 0.05) is 0 Å². The fourth-order valence-corrected chi connectivity index (χ4v) is 1.22. The fourth-order valence-electron chi connectivity index (χ4n) is 1.22. The lowest BCUT2D eigenvalue weighted by Gasteiger charge is -2.08. The maximum Gasteiger partial charge on any atom is 0.312 e. The maximum absolute atomic E-state index is 12.4. The highest BCUT2D eigenvalue weighted by molar-refractivity contribution is 5.74. The summed E-state index contributed by atoms with van der Waals surface area (Å²) in [5.41, 5.74) is 4.30. The van der Waals surface area contributed by atoms with Gasteiger partial charge in [-0.2, -0.15) is 0 Å². The van der Waals surface area contributed by atoms with Crippen LogP contribution < -0.4 is 5.73 Å². The molecule has 0 aliphatic heterocycles. The Morgan fingerprint density at radius 3 is 2.82 bits per heavy atom. The molecule has 0 amide bonds. The van der Waals surface area contributed by atoms with Gasteiger partial charge in [-0.15, -0.1) is 0 Å². The molecular formula is C10H12F2N2O3. The molecule has 0 fully saturated rings. The van der Waals surface area contributed by atoms with Crippen molar-refractivity contribution in [2.24, 2.45) is 0 Å². The van der Waals surface area contributed by atoms with Crippen LogP contribution in [0.1, 0.15) is 24.7 Å². The Morgan fingerprint density at radius 2 is 2.29 bits per heavy atom. The normalized spacial score (nSPS) is 10.6. The molecule has 0 bridgehead atoms. The number of carbonyl (C=O) groups excluding carboxylic acids is 1. The summed E-state index contributed by atoms with van der Waals surface area (Å²) in [6.45, 7) is 1.76. The molecule has 0 radical (unpaired) electrons. The van der Waals surface area contributed by atoms with E-state index in [0.29, 0.717) is 0 Å². The number of nitrogen functional groups attached to an aromatic ring is 1. The smallest absolute Gasteiger partial charge is 0.312 e. The molecule has 0 spiro atoms. The van der Waals surface area contributed by atoms with Crippen LogP contribution in [0.4, 0.5) is 14.5 Å². The predicted octanol–water partition coefficient (Wildman–Crippen LogP) is 1.41. The average Bonchev–Trinajstić information content (AvgIpc) is 2.24. The second-order valence-corrected chi connectivity index (χ2v) is 3.21. The van der Waals surface area contributed by atoms with E-state index in [1.807, 2.05) is 0 Å². The molecule has 0 unspecified atom stereocenters. The van der Waals surface area contributed by atoms with Crippen molar-refractivity contribution in [1.29, 1.82) is 0 Å². The summed E-state index contributed by atoms with van der Waals surface area (Å²) in [6.07, 6.45) is -3.22. The minimum absolute atomic E-state index is 0.156. The predicted molar refractivity (Wildman–Crippen MR) is 55.6 cm³/mol. The molecule has 0 atom stereocenters. The number of rotatable bonds is 4. The minimum atomic E-state index is -2.82. The summed E-state index contributed by atoms with van der Waals surface area (Å²) < 4.78 is 29.5. The molecule has 17 heavy (non-hydrogen) atoms. The molecule has 1 rings (SSSR count). The lowest BCUT2D eigenvalue weighted by atomic mass is 10.2. The monoisotopic (exact) mass is 246 g/mol. The highest BCUT2D eigenvalue weighted by Gasteiger charge is 2.18. The third-order valence-electron chi connectivity index (χ3n) is 1.95. The highest BCUT2D eigenvalue weighted by atomic mass is 19.3. The van der Waals surface area contributed by atoms with Gasteiger partial charge in [-0.3, -0.25) is 4.79 Å². The number of pyridine rings is 1. The zero-order chi connectivity index (χ0) is 13.0. The molecule has 1 heterocycles. The lowest BCUT2D eigenvalue weighted by molar-refractivity contribution is -0.142. The first-order chi connectivity index (χ1) is 7.95. The molecule has 7 heteroatoms. The van der Waals surface area contributed by atoms with E-state index in [-0.39, 0.29) is 18.0 Å². The standard InChI is InChI=1S/C10H12F2N2O3/c1-2-17-8(15)4-6-9(16)5(13)3-7(14-6)10(11)12/h3,10,16H,2,4H2,1H3,(H2,13,14). The lowest BCUT2D eigenvalue weighted by Crippen LogP contribution is -2.10. The first-order valence-electron chi connectivity index (χ1n) is 4.87. The number of alkyl halides is 2. The van der Waals surface area contributed by atoms with Crippen molar-refractivity contribution in [2.75, 3.05) is 12.3 Å². The van der Waals surface area contributed by atoms with E-state index in [9.17, 15) is 18.7 Å². The van der Waals surface area contributed by atoms with Crippen LogP contribution in [0.2, 0.25) is 0 Å². The summed E-state index contributed by atoms with van der Waals surface area (Å²) in [6, 6.07) is 0.870. The van der Waals surface area contributed by atoms with Gasteiger partial charge in [0.05, 0.1) is 24.4 Å². The Morgan fingerprint density at radius 1 is 1.65 bits per heavy atom. The second kappa shape index (κ2) is 5.42. The number of hydrogen-bond acceptors (Lipinski definition) is 5. The zero-order valence-corrected chi connectivity index (χ0v) is 9.11. The zero-order valence-electron chi connectivity index (χ0n) is 9.11. The Labute approximate surface area is 96.2 Å². The molecule has 0 aliphatic rings. The Balaban J connectivity index is 3.01. The number of aromatic hydroxyl groups is 1. The largest absolute Gasteiger partial charge is 0.504 e. The molecule has 94 valence electrons.